The van der Waals surface area contributed by atoms with E-state index in [1.807, 2.05) is 0 Å². The average molecular weight is 606 g/mol. The number of hydrogen-bond donors (Lipinski definition) is 5. The highest BCUT2D eigenvalue weighted by Crippen LogP contribution is 2.48. The maximum absolute atomic E-state index is 13.9. The molecule has 2 unspecified atom stereocenters. The van der Waals surface area contributed by atoms with E-state index in [0.29, 0.717) is 17.0 Å². The van der Waals surface area contributed by atoms with Crippen LogP contribution in [0.2, 0.25) is 0 Å². The Labute approximate surface area is 242 Å². The van der Waals surface area contributed by atoms with E-state index in [2.05, 4.69) is 25.4 Å². The summed E-state index contributed by atoms with van der Waals surface area (Å²) >= 11 is 0. The van der Waals surface area contributed by atoms with Crippen LogP contribution >= 0.6 is 7.75 Å². The fraction of sp³-hybridized carbons (Fsp3) is 0.538. The number of aliphatic hydroxyl groups excluding tert-OH is 2. The number of esters is 1. The van der Waals surface area contributed by atoms with Crippen LogP contribution in [0.25, 0.3) is 11.2 Å². The summed E-state index contributed by atoms with van der Waals surface area (Å²) in [5.74, 6) is 0.0226. The largest absolute Gasteiger partial charge is 0.462 e. The maximum Gasteiger partial charge on any atom is 0.459 e. The normalized spacial score (nSPS) is 26.2. The number of carbonyl (C=O) groups excluding carboxylic acids is 1. The minimum atomic E-state index is -4.26. The fourth-order valence-electron chi connectivity index (χ4n) is 4.46. The van der Waals surface area contributed by atoms with Gasteiger partial charge in [-0.15, -0.1) is 0 Å². The van der Waals surface area contributed by atoms with Gasteiger partial charge in [0.2, 0.25) is 5.95 Å². The van der Waals surface area contributed by atoms with Crippen molar-refractivity contribution in [3.05, 3.63) is 36.7 Å². The lowest BCUT2D eigenvalue weighted by atomic mass is 9.99. The van der Waals surface area contributed by atoms with Crippen molar-refractivity contribution >= 4 is 36.6 Å². The number of anilines is 2. The second-order valence-corrected chi connectivity index (χ2v) is 12.6. The SMILES string of the molecule is CC(C)OC(=O)[C@H](C)N[P@](=O)(OC[C@@]1(C)O[C@@H](n2cnc3c(NC4CC4)nc(N)nc32)C(O)C1O)Oc1ccccc1. The number of benzene rings is 1. The summed E-state index contributed by atoms with van der Waals surface area (Å²) in [6.07, 6.45) is -1.06. The zero-order chi connectivity index (χ0) is 30.2. The number of para-hydroxylation sites is 1. The molecule has 0 spiro atoms. The molecule has 16 heteroatoms. The number of imidazole rings is 1. The second-order valence-electron chi connectivity index (χ2n) is 10.9. The zero-order valence-corrected chi connectivity index (χ0v) is 24.6. The maximum atomic E-state index is 13.9. The van der Waals surface area contributed by atoms with E-state index in [9.17, 15) is 19.6 Å². The molecule has 0 bridgehead atoms. The van der Waals surface area contributed by atoms with Crippen molar-refractivity contribution in [2.24, 2.45) is 0 Å². The van der Waals surface area contributed by atoms with Crippen LogP contribution in [0.3, 0.4) is 0 Å². The first-order chi connectivity index (χ1) is 19.9. The first-order valence-corrected chi connectivity index (χ1v) is 15.2. The predicted octanol–water partition coefficient (Wildman–Crippen LogP) is 2.13. The predicted molar refractivity (Wildman–Crippen MR) is 151 cm³/mol. The van der Waals surface area contributed by atoms with Gasteiger partial charge in [0, 0.05) is 6.04 Å². The summed E-state index contributed by atoms with van der Waals surface area (Å²) < 4.78 is 38.1. The fourth-order valence-corrected chi connectivity index (χ4v) is 6.05. The van der Waals surface area contributed by atoms with Crippen LogP contribution in [0.15, 0.2) is 36.7 Å². The third-order valence-corrected chi connectivity index (χ3v) is 8.43. The lowest BCUT2D eigenvalue weighted by Crippen LogP contribution is -2.45. The van der Waals surface area contributed by atoms with Gasteiger partial charge in [-0.25, -0.2) is 9.55 Å². The third kappa shape index (κ3) is 6.51. The molecular formula is C26H36N7O8P. The van der Waals surface area contributed by atoms with Crippen molar-refractivity contribution < 1.29 is 38.1 Å². The van der Waals surface area contributed by atoms with E-state index in [-0.39, 0.29) is 17.7 Å². The number of nitrogens with zero attached hydrogens (tertiary/aromatic N) is 4. The molecule has 6 N–H and O–H groups in total. The van der Waals surface area contributed by atoms with E-state index in [4.69, 9.17) is 24.3 Å². The molecule has 1 saturated heterocycles. The molecular weight excluding hydrogens is 569 g/mol. The Kier molecular flexibility index (Phi) is 8.43. The number of nitrogens with two attached hydrogens (primary N) is 1. The molecule has 3 heterocycles. The molecule has 5 rings (SSSR count). The van der Waals surface area contributed by atoms with Crippen molar-refractivity contribution in [2.45, 2.75) is 82.8 Å². The lowest BCUT2D eigenvalue weighted by Gasteiger charge is -2.30. The molecule has 1 saturated carbocycles. The lowest BCUT2D eigenvalue weighted by molar-refractivity contribution is -0.149. The van der Waals surface area contributed by atoms with Crippen LogP contribution in [-0.4, -0.2) is 78.3 Å². The van der Waals surface area contributed by atoms with Gasteiger partial charge in [-0.05, 0) is 52.7 Å². The summed E-state index contributed by atoms with van der Waals surface area (Å²) in [6.45, 7) is 5.84. The molecule has 2 fully saturated rings. The molecule has 1 aliphatic carbocycles. The minimum absolute atomic E-state index is 0.00159. The first kappa shape index (κ1) is 30.1. The summed E-state index contributed by atoms with van der Waals surface area (Å²) in [5.41, 5.74) is 5.10. The zero-order valence-electron chi connectivity index (χ0n) is 23.7. The molecule has 1 aliphatic heterocycles. The highest BCUT2D eigenvalue weighted by molar-refractivity contribution is 7.52. The summed E-state index contributed by atoms with van der Waals surface area (Å²) in [6, 6.07) is 7.47. The van der Waals surface area contributed by atoms with E-state index in [1.54, 1.807) is 44.2 Å². The van der Waals surface area contributed by atoms with Crippen LogP contribution in [0.5, 0.6) is 5.75 Å². The first-order valence-electron chi connectivity index (χ1n) is 13.7. The van der Waals surface area contributed by atoms with Crippen molar-refractivity contribution in [1.82, 2.24) is 24.6 Å². The van der Waals surface area contributed by atoms with Crippen molar-refractivity contribution in [2.75, 3.05) is 17.7 Å². The number of aliphatic hydroxyl groups is 2. The Bertz CT molecular complexity index is 1470. The number of rotatable bonds is 12. The summed E-state index contributed by atoms with van der Waals surface area (Å²) in [4.78, 5) is 25.4. The number of nitrogen functional groups attached to an aromatic ring is 1. The van der Waals surface area contributed by atoms with Crippen molar-refractivity contribution in [3.63, 3.8) is 0 Å². The van der Waals surface area contributed by atoms with Gasteiger partial charge in [-0.1, -0.05) is 18.2 Å². The third-order valence-electron chi connectivity index (χ3n) is 6.81. The molecule has 3 aromatic rings. The molecule has 2 aliphatic rings. The van der Waals surface area contributed by atoms with Gasteiger partial charge in [0.05, 0.1) is 19.0 Å². The van der Waals surface area contributed by atoms with Crippen molar-refractivity contribution in [3.8, 4) is 5.75 Å². The number of ether oxygens (including phenoxy) is 2. The Morgan fingerprint density at radius 3 is 2.62 bits per heavy atom. The summed E-state index contributed by atoms with van der Waals surface area (Å²) in [5, 5.41) is 28.0. The van der Waals surface area contributed by atoms with Gasteiger partial charge in [0.1, 0.15) is 29.6 Å². The minimum Gasteiger partial charge on any atom is -0.462 e. The van der Waals surface area contributed by atoms with Gasteiger partial charge >= 0.3 is 13.7 Å². The van der Waals surface area contributed by atoms with Crippen LogP contribution < -0.4 is 20.7 Å². The van der Waals surface area contributed by atoms with Gasteiger partial charge in [0.15, 0.2) is 23.2 Å². The van der Waals surface area contributed by atoms with E-state index in [0.717, 1.165) is 12.8 Å². The van der Waals surface area contributed by atoms with Crippen LogP contribution in [0.1, 0.15) is 46.8 Å². The monoisotopic (exact) mass is 605 g/mol. The summed E-state index contributed by atoms with van der Waals surface area (Å²) in [7, 11) is -4.26. The highest BCUT2D eigenvalue weighted by atomic mass is 31.2. The molecule has 1 aromatic carbocycles. The van der Waals surface area contributed by atoms with Crippen LogP contribution in [0, 0.1) is 0 Å². The topological polar surface area (TPSA) is 205 Å². The average Bonchev–Trinajstić information content (AvgIpc) is 3.60. The number of aromatic nitrogens is 4. The van der Waals surface area contributed by atoms with E-state index in [1.165, 1.54) is 24.7 Å². The molecule has 0 radical (unpaired) electrons. The van der Waals surface area contributed by atoms with Gasteiger partial charge in [0.25, 0.3) is 0 Å². The van der Waals surface area contributed by atoms with Gasteiger partial charge in [-0.3, -0.25) is 13.9 Å². The van der Waals surface area contributed by atoms with Gasteiger partial charge in [-0.2, -0.15) is 15.1 Å². The van der Waals surface area contributed by atoms with Crippen LogP contribution in [0.4, 0.5) is 11.8 Å². The molecule has 228 valence electrons. The van der Waals surface area contributed by atoms with E-state index < -0.39 is 56.5 Å². The van der Waals surface area contributed by atoms with Crippen LogP contribution in [-0.2, 0) is 23.4 Å². The molecule has 6 atom stereocenters. The standard InChI is InChI=1S/C26H36N7O8P/c1-14(2)39-24(36)15(3)32-42(37,41-17-8-6-5-7-9-17)38-12-26(4)20(35)19(34)23(40-26)33-13-28-18-21(29-16-10-11-16)30-25(27)31-22(18)33/h5-9,13-16,19-20,23,34-35H,10-12H2,1-4H3,(H,32,37)(H3,27,29,30,31)/t15-,19?,20?,23+,26+,42-/m0/s1. The smallest absolute Gasteiger partial charge is 0.459 e. The van der Waals surface area contributed by atoms with E-state index >= 15 is 0 Å². The molecule has 42 heavy (non-hydrogen) atoms. The Balaban J connectivity index is 1.36. The number of fused-ring (bicyclic) bond motifs is 1. The Morgan fingerprint density at radius 2 is 1.95 bits per heavy atom. The van der Waals surface area contributed by atoms with Crippen molar-refractivity contribution in [1.29, 1.82) is 0 Å². The highest BCUT2D eigenvalue weighted by Gasteiger charge is 2.54. The Morgan fingerprint density at radius 1 is 1.24 bits per heavy atom. The van der Waals surface area contributed by atoms with Gasteiger partial charge < -0.3 is 35.3 Å². The number of nitrogens with one attached hydrogen (secondary N) is 2. The Hall–Kier alpha value is -3.33. The molecule has 0 amide bonds. The quantitative estimate of drug-likeness (QED) is 0.148. The molecule has 15 nitrogen and oxygen atoms in total. The number of hydrogen-bond acceptors (Lipinski definition) is 13. The second kappa shape index (κ2) is 11.7. The molecule has 2 aromatic heterocycles. The number of carbonyl (C=O) groups is 1.